The van der Waals surface area contributed by atoms with Crippen molar-refractivity contribution in [2.75, 3.05) is 16.4 Å². The van der Waals surface area contributed by atoms with Gasteiger partial charge >= 0.3 is 0 Å². The molecule has 208 valence electrons. The molecule has 0 aliphatic heterocycles. The van der Waals surface area contributed by atoms with Gasteiger partial charge in [-0.05, 0) is 65.6 Å². The van der Waals surface area contributed by atoms with E-state index in [1.807, 2.05) is 36.4 Å². The molecule has 0 aliphatic rings. The molecule has 0 fully saturated rings. The van der Waals surface area contributed by atoms with Gasteiger partial charge < -0.3 is 16.0 Å². The number of carbonyl (C=O) groups is 3. The monoisotopic (exact) mass is 583 g/mol. The van der Waals surface area contributed by atoms with Crippen LogP contribution in [-0.4, -0.2) is 23.5 Å². The lowest BCUT2D eigenvalue weighted by molar-refractivity contribution is -0.114. The second-order valence-electron chi connectivity index (χ2n) is 9.50. The number of thioether (sulfide) groups is 1. The first-order chi connectivity index (χ1) is 19.8. The summed E-state index contributed by atoms with van der Waals surface area (Å²) in [6.07, 6.45) is 1.65. The van der Waals surface area contributed by atoms with Crippen molar-refractivity contribution in [2.24, 2.45) is 0 Å². The Labute approximate surface area is 249 Å². The average molecular weight is 584 g/mol. The van der Waals surface area contributed by atoms with Gasteiger partial charge in [-0.15, -0.1) is 11.8 Å². The van der Waals surface area contributed by atoms with Gasteiger partial charge in [0.05, 0.1) is 16.5 Å². The van der Waals surface area contributed by atoms with Gasteiger partial charge in [0.1, 0.15) is 5.70 Å². The quantitative estimate of drug-likeness (QED) is 0.132. The van der Waals surface area contributed by atoms with Crippen molar-refractivity contribution in [1.29, 1.82) is 0 Å². The number of halogens is 1. The predicted molar refractivity (Wildman–Crippen MR) is 168 cm³/mol. The molecule has 0 spiro atoms. The molecular weight excluding hydrogens is 554 g/mol. The first-order valence-corrected chi connectivity index (χ1v) is 14.4. The maximum atomic E-state index is 13.4. The van der Waals surface area contributed by atoms with E-state index in [0.717, 1.165) is 10.5 Å². The minimum atomic E-state index is -0.471. The van der Waals surface area contributed by atoms with Gasteiger partial charge in [0, 0.05) is 16.1 Å². The van der Waals surface area contributed by atoms with Crippen LogP contribution in [0.4, 0.5) is 11.4 Å². The van der Waals surface area contributed by atoms with E-state index in [1.54, 1.807) is 72.8 Å². The van der Waals surface area contributed by atoms with Crippen LogP contribution in [0.15, 0.2) is 114 Å². The first kappa shape index (κ1) is 29.6. The molecule has 0 heterocycles. The number of benzene rings is 4. The lowest BCUT2D eigenvalue weighted by Gasteiger charge is -2.13. The Balaban J connectivity index is 1.47. The third kappa shape index (κ3) is 8.83. The summed E-state index contributed by atoms with van der Waals surface area (Å²) in [4.78, 5) is 39.5. The Hall–Kier alpha value is -4.33. The SMILES string of the molecule is CC(C)c1ccc(/C=C(/NC(=O)c2ccccc2)C(=O)Nc2cccc(SCC(=O)Nc3ccccc3Cl)c2)cc1. The van der Waals surface area contributed by atoms with Gasteiger partial charge in [-0.2, -0.15) is 0 Å². The highest BCUT2D eigenvalue weighted by Gasteiger charge is 2.16. The molecule has 0 bridgehead atoms. The number of rotatable bonds is 10. The van der Waals surface area contributed by atoms with Crippen molar-refractivity contribution in [3.8, 4) is 0 Å². The molecule has 0 radical (unpaired) electrons. The van der Waals surface area contributed by atoms with Crippen molar-refractivity contribution >= 4 is 58.5 Å². The second kappa shape index (κ2) is 14.3. The van der Waals surface area contributed by atoms with E-state index < -0.39 is 5.91 Å². The number of para-hydroxylation sites is 1. The molecule has 0 atom stereocenters. The average Bonchev–Trinajstić information content (AvgIpc) is 2.98. The highest BCUT2D eigenvalue weighted by Crippen LogP contribution is 2.24. The first-order valence-electron chi connectivity index (χ1n) is 13.0. The molecule has 4 rings (SSSR count). The molecule has 0 aliphatic carbocycles. The molecule has 0 saturated heterocycles. The molecular formula is C33H30ClN3O3S. The number of carbonyl (C=O) groups excluding carboxylic acids is 3. The zero-order valence-corrected chi connectivity index (χ0v) is 24.3. The lowest BCUT2D eigenvalue weighted by Crippen LogP contribution is -2.30. The van der Waals surface area contributed by atoms with E-state index in [4.69, 9.17) is 11.6 Å². The molecule has 6 nitrogen and oxygen atoms in total. The third-order valence-electron chi connectivity index (χ3n) is 6.05. The molecule has 3 N–H and O–H groups in total. The molecule has 8 heteroatoms. The molecule has 4 aromatic carbocycles. The maximum Gasteiger partial charge on any atom is 0.272 e. The normalized spacial score (nSPS) is 11.2. The minimum absolute atomic E-state index is 0.105. The summed E-state index contributed by atoms with van der Waals surface area (Å²) >= 11 is 7.45. The Kier molecular flexibility index (Phi) is 10.4. The summed E-state index contributed by atoms with van der Waals surface area (Å²) < 4.78 is 0. The van der Waals surface area contributed by atoms with Gasteiger partial charge in [-0.1, -0.05) is 86.1 Å². The van der Waals surface area contributed by atoms with Crippen molar-refractivity contribution in [2.45, 2.75) is 24.7 Å². The van der Waals surface area contributed by atoms with Crippen molar-refractivity contribution < 1.29 is 14.4 Å². The number of nitrogens with one attached hydrogen (secondary N) is 3. The van der Waals surface area contributed by atoms with E-state index in [1.165, 1.54) is 17.3 Å². The largest absolute Gasteiger partial charge is 0.324 e. The van der Waals surface area contributed by atoms with Crippen LogP contribution < -0.4 is 16.0 Å². The Morgan fingerprint density at radius 1 is 0.829 bits per heavy atom. The van der Waals surface area contributed by atoms with E-state index in [9.17, 15) is 14.4 Å². The van der Waals surface area contributed by atoms with Crippen molar-refractivity contribution in [3.05, 3.63) is 131 Å². The van der Waals surface area contributed by atoms with E-state index in [2.05, 4.69) is 29.8 Å². The van der Waals surface area contributed by atoms with Crippen molar-refractivity contribution in [1.82, 2.24) is 5.32 Å². The smallest absolute Gasteiger partial charge is 0.272 e. The van der Waals surface area contributed by atoms with Crippen LogP contribution in [0.1, 0.15) is 41.3 Å². The van der Waals surface area contributed by atoms with E-state index in [0.29, 0.717) is 27.9 Å². The number of anilines is 2. The van der Waals surface area contributed by atoms with Gasteiger partial charge in [0.15, 0.2) is 0 Å². The molecule has 3 amide bonds. The fraction of sp³-hybridized carbons (Fsp3) is 0.121. The zero-order valence-electron chi connectivity index (χ0n) is 22.7. The molecule has 0 aromatic heterocycles. The second-order valence-corrected chi connectivity index (χ2v) is 11.0. The fourth-order valence-corrected chi connectivity index (χ4v) is 4.78. The van der Waals surface area contributed by atoms with Crippen LogP contribution in [0.2, 0.25) is 5.02 Å². The summed E-state index contributed by atoms with van der Waals surface area (Å²) in [6.45, 7) is 4.23. The fourth-order valence-electron chi connectivity index (χ4n) is 3.85. The predicted octanol–water partition coefficient (Wildman–Crippen LogP) is 7.60. The summed E-state index contributed by atoms with van der Waals surface area (Å²) in [5.41, 5.74) is 3.58. The zero-order chi connectivity index (χ0) is 29.2. The van der Waals surface area contributed by atoms with E-state index >= 15 is 0 Å². The van der Waals surface area contributed by atoms with Crippen LogP contribution in [0.3, 0.4) is 0 Å². The highest BCUT2D eigenvalue weighted by molar-refractivity contribution is 8.00. The Morgan fingerprint density at radius 3 is 2.24 bits per heavy atom. The van der Waals surface area contributed by atoms with Crippen LogP contribution >= 0.6 is 23.4 Å². The molecule has 0 unspecified atom stereocenters. The van der Waals surface area contributed by atoms with Gasteiger partial charge in [-0.25, -0.2) is 0 Å². The third-order valence-corrected chi connectivity index (χ3v) is 7.38. The van der Waals surface area contributed by atoms with E-state index in [-0.39, 0.29) is 23.3 Å². The summed E-state index contributed by atoms with van der Waals surface area (Å²) in [7, 11) is 0. The van der Waals surface area contributed by atoms with Gasteiger partial charge in [0.2, 0.25) is 5.91 Å². The lowest BCUT2D eigenvalue weighted by atomic mass is 10.0. The molecule has 0 saturated carbocycles. The number of hydrogen-bond donors (Lipinski definition) is 3. The summed E-state index contributed by atoms with van der Waals surface area (Å²) in [5, 5.41) is 8.90. The summed E-state index contributed by atoms with van der Waals surface area (Å²) in [5.74, 6) is -0.524. The van der Waals surface area contributed by atoms with Crippen LogP contribution in [0.5, 0.6) is 0 Å². The maximum absolute atomic E-state index is 13.4. The number of amides is 3. The van der Waals surface area contributed by atoms with Crippen molar-refractivity contribution in [3.63, 3.8) is 0 Å². The summed E-state index contributed by atoms with van der Waals surface area (Å²) in [6, 6.07) is 30.8. The van der Waals surface area contributed by atoms with Gasteiger partial charge in [0.25, 0.3) is 11.8 Å². The van der Waals surface area contributed by atoms with Gasteiger partial charge in [-0.3, -0.25) is 14.4 Å². The minimum Gasteiger partial charge on any atom is -0.324 e. The highest BCUT2D eigenvalue weighted by atomic mass is 35.5. The van der Waals surface area contributed by atoms with Crippen LogP contribution in [-0.2, 0) is 9.59 Å². The number of hydrogen-bond acceptors (Lipinski definition) is 4. The topological polar surface area (TPSA) is 87.3 Å². The standard InChI is InChI=1S/C33H30ClN3O3S/c1-22(2)24-17-15-23(16-18-24)19-30(37-32(39)25-9-4-3-5-10-25)33(40)35-26-11-8-12-27(20-26)41-21-31(38)36-29-14-7-6-13-28(29)34/h3-20,22H,21H2,1-2H3,(H,35,40)(H,36,38)(H,37,39)/b30-19+. The Bertz CT molecular complexity index is 1550. The Morgan fingerprint density at radius 2 is 1.54 bits per heavy atom. The van der Waals surface area contributed by atoms with Crippen LogP contribution in [0, 0.1) is 0 Å². The molecule has 41 heavy (non-hydrogen) atoms. The van der Waals surface area contributed by atoms with Crippen LogP contribution in [0.25, 0.3) is 6.08 Å². The molecule has 4 aromatic rings.